The van der Waals surface area contributed by atoms with Gasteiger partial charge in [-0.25, -0.2) is 4.98 Å². The van der Waals surface area contributed by atoms with E-state index >= 15 is 0 Å². The second kappa shape index (κ2) is 22.2. The minimum atomic E-state index is -0.305. The minimum absolute atomic E-state index is 0.305. The Hall–Kier alpha value is -10.6. The van der Waals surface area contributed by atoms with Crippen LogP contribution in [0, 0.1) is 0 Å². The number of benzene rings is 12. The van der Waals surface area contributed by atoms with E-state index in [4.69, 9.17) is 0 Å². The normalized spacial score (nSPS) is 11.8. The molecule has 3 N–H and O–H groups in total. The van der Waals surface area contributed by atoms with E-state index < -0.39 is 0 Å². The fourth-order valence-corrected chi connectivity index (χ4v) is 11.5. The summed E-state index contributed by atoms with van der Waals surface area (Å²) in [4.78, 5) is 4.24. The number of fused-ring (bicyclic) bond motifs is 11. The molecule has 80 heavy (non-hydrogen) atoms. The molecule has 380 valence electrons. The predicted octanol–water partition coefficient (Wildman–Crippen LogP) is 20.2. The second-order valence-corrected chi connectivity index (χ2v) is 20.1. The van der Waals surface area contributed by atoms with Gasteiger partial charge in [0, 0.05) is 34.6 Å². The molecule has 12 aromatic carbocycles. The Balaban J connectivity index is 0.000000120. The lowest BCUT2D eigenvalue weighted by Gasteiger charge is -2.30. The molecule has 2 aliphatic rings. The van der Waals surface area contributed by atoms with Gasteiger partial charge in [0.05, 0.1) is 5.41 Å². The zero-order valence-electron chi connectivity index (χ0n) is 44.0. The Morgan fingerprint density at radius 3 is 1.05 bits per heavy atom. The molecule has 15 rings (SSSR count). The molecular formula is C76H56N4. The van der Waals surface area contributed by atoms with Crippen LogP contribution in [0.3, 0.4) is 0 Å². The number of nitrogens with one attached hydrogen (secondary N) is 3. The van der Waals surface area contributed by atoms with Crippen LogP contribution in [0.15, 0.2) is 322 Å². The lowest BCUT2D eigenvalue weighted by atomic mass is 9.70. The molecule has 4 heteroatoms. The maximum Gasteiger partial charge on any atom is 0.130 e. The van der Waals surface area contributed by atoms with Crippen molar-refractivity contribution in [2.75, 3.05) is 16.0 Å². The number of aromatic nitrogens is 1. The van der Waals surface area contributed by atoms with Crippen molar-refractivity contribution in [3.63, 3.8) is 0 Å². The summed E-state index contributed by atoms with van der Waals surface area (Å²) < 4.78 is 0. The summed E-state index contributed by atoms with van der Waals surface area (Å²) in [6.07, 6.45) is 1.78. The number of hydrogen-bond donors (Lipinski definition) is 3. The van der Waals surface area contributed by atoms with Crippen LogP contribution in [-0.4, -0.2) is 4.98 Å². The third-order valence-corrected chi connectivity index (χ3v) is 15.2. The molecule has 0 atom stereocenters. The predicted molar refractivity (Wildman–Crippen MR) is 336 cm³/mol. The third kappa shape index (κ3) is 9.90. The van der Waals surface area contributed by atoms with E-state index in [1.807, 2.05) is 36.4 Å². The Morgan fingerprint density at radius 2 is 0.575 bits per heavy atom. The molecule has 0 unspecified atom stereocenters. The van der Waals surface area contributed by atoms with Gasteiger partial charge in [-0.1, -0.05) is 243 Å². The van der Waals surface area contributed by atoms with Crippen LogP contribution >= 0.6 is 0 Å². The van der Waals surface area contributed by atoms with E-state index in [0.717, 1.165) is 34.3 Å². The topological polar surface area (TPSA) is 49.0 Å². The summed E-state index contributed by atoms with van der Waals surface area (Å²) in [5, 5.41) is 12.9. The number of nitrogens with zero attached hydrogens (tertiary/aromatic N) is 1. The molecule has 1 heterocycles. The number of hydrogen-bond acceptors (Lipinski definition) is 4. The van der Waals surface area contributed by atoms with Crippen molar-refractivity contribution >= 4 is 45.0 Å². The molecule has 13 aromatic rings. The van der Waals surface area contributed by atoms with E-state index in [-0.39, 0.29) is 5.41 Å². The first-order chi connectivity index (χ1) is 39.6. The quantitative estimate of drug-likeness (QED) is 0.135. The van der Waals surface area contributed by atoms with Crippen molar-refractivity contribution in [2.24, 2.45) is 0 Å². The zero-order chi connectivity index (χ0) is 53.5. The molecule has 0 aliphatic heterocycles. The summed E-state index contributed by atoms with van der Waals surface area (Å²) in [7, 11) is 0. The standard InChI is InChI=1S/C35H23N.C24H19N.C17H14N2/c1-2-10-24-21-25(18-17-23(24)9-1)36-26-19-20-30-29-13-5-8-16-33(29)35(34(30)22-26)31-14-6-3-11-27(31)28-12-4-7-15-32(28)35;1-3-7-19(8-4-1)21-11-15-23(16-12-21)25-24-17-13-22(14-18-24)20-9-5-2-6-10-20;1-2-6-14(7-3-1)15-9-11-16(12-10-15)19-17-8-4-5-13-18-17/h1-22,36H;1-18,25H;1-13H,(H,18,19). The maximum absolute atomic E-state index is 4.24. The number of rotatable bonds is 9. The summed E-state index contributed by atoms with van der Waals surface area (Å²) >= 11 is 0. The lowest BCUT2D eigenvalue weighted by Crippen LogP contribution is -2.25. The molecule has 1 spiro atoms. The number of anilines is 6. The molecular weight excluding hydrogens is 969 g/mol. The van der Waals surface area contributed by atoms with E-state index in [2.05, 4.69) is 300 Å². The molecule has 4 nitrogen and oxygen atoms in total. The molecule has 2 aliphatic carbocycles. The SMILES string of the molecule is c1ccc(-c2ccc(Nc3ccc(-c4ccccc4)cc3)cc2)cc1.c1ccc(-c2ccc(Nc3ccccn3)cc2)cc1.c1ccc2c(c1)-c1ccccc1C21c2ccccc2-c2ccc(Nc3ccc4ccccc4c3)cc21. The summed E-state index contributed by atoms with van der Waals surface area (Å²) in [6.45, 7) is 0. The van der Waals surface area contributed by atoms with Gasteiger partial charge in [-0.2, -0.15) is 0 Å². The smallest absolute Gasteiger partial charge is 0.130 e. The van der Waals surface area contributed by atoms with Gasteiger partial charge in [0.1, 0.15) is 5.82 Å². The molecule has 0 saturated carbocycles. The molecule has 0 saturated heterocycles. The van der Waals surface area contributed by atoms with Crippen LogP contribution in [-0.2, 0) is 5.41 Å². The van der Waals surface area contributed by atoms with Crippen LogP contribution in [0.2, 0.25) is 0 Å². The summed E-state index contributed by atoms with van der Waals surface area (Å²) in [5.41, 5.74) is 23.3. The second-order valence-electron chi connectivity index (χ2n) is 20.1. The van der Waals surface area contributed by atoms with Crippen LogP contribution < -0.4 is 16.0 Å². The van der Waals surface area contributed by atoms with Crippen molar-refractivity contribution in [1.82, 2.24) is 4.98 Å². The average Bonchev–Trinajstić information content (AvgIpc) is 4.22. The summed E-state index contributed by atoms with van der Waals surface area (Å²) in [6, 6.07) is 111. The molecule has 0 amide bonds. The van der Waals surface area contributed by atoms with Gasteiger partial charge in [-0.15, -0.1) is 0 Å². The van der Waals surface area contributed by atoms with E-state index in [1.165, 1.54) is 88.7 Å². The molecule has 0 bridgehead atoms. The maximum atomic E-state index is 4.24. The van der Waals surface area contributed by atoms with Gasteiger partial charge >= 0.3 is 0 Å². The molecule has 1 aromatic heterocycles. The monoisotopic (exact) mass is 1020 g/mol. The Labute approximate surface area is 468 Å². The Kier molecular flexibility index (Phi) is 13.6. The largest absolute Gasteiger partial charge is 0.356 e. The number of pyridine rings is 1. The summed E-state index contributed by atoms with van der Waals surface area (Å²) in [5.74, 6) is 0.856. The highest BCUT2D eigenvalue weighted by atomic mass is 15.0. The van der Waals surface area contributed by atoms with Gasteiger partial charge in [-0.05, 0) is 161 Å². The Bertz CT molecular complexity index is 4070. The highest BCUT2D eigenvalue weighted by Gasteiger charge is 2.51. The first-order valence-corrected chi connectivity index (χ1v) is 27.3. The fraction of sp³-hybridized carbons (Fsp3) is 0.0132. The average molecular weight is 1030 g/mol. The highest BCUT2D eigenvalue weighted by molar-refractivity contribution is 5.96. The van der Waals surface area contributed by atoms with E-state index in [1.54, 1.807) is 6.20 Å². The van der Waals surface area contributed by atoms with Gasteiger partial charge in [0.2, 0.25) is 0 Å². The van der Waals surface area contributed by atoms with Crippen LogP contribution in [0.5, 0.6) is 0 Å². The van der Waals surface area contributed by atoms with Crippen LogP contribution in [0.1, 0.15) is 22.3 Å². The third-order valence-electron chi connectivity index (χ3n) is 15.2. The van der Waals surface area contributed by atoms with Gasteiger partial charge in [0.25, 0.3) is 0 Å². The van der Waals surface area contributed by atoms with Crippen molar-refractivity contribution in [2.45, 2.75) is 5.41 Å². The first-order valence-electron chi connectivity index (χ1n) is 27.3. The minimum Gasteiger partial charge on any atom is -0.356 e. The van der Waals surface area contributed by atoms with Crippen molar-refractivity contribution in [3.8, 4) is 55.6 Å². The Morgan fingerprint density at radius 1 is 0.225 bits per heavy atom. The van der Waals surface area contributed by atoms with E-state index in [0.29, 0.717) is 0 Å². The van der Waals surface area contributed by atoms with Crippen LogP contribution in [0.25, 0.3) is 66.4 Å². The molecule has 0 fully saturated rings. The van der Waals surface area contributed by atoms with Gasteiger partial charge in [0.15, 0.2) is 0 Å². The van der Waals surface area contributed by atoms with Crippen molar-refractivity contribution in [1.29, 1.82) is 0 Å². The highest BCUT2D eigenvalue weighted by Crippen LogP contribution is 2.63. The molecule has 0 radical (unpaired) electrons. The van der Waals surface area contributed by atoms with Crippen LogP contribution in [0.4, 0.5) is 34.3 Å². The first kappa shape index (κ1) is 49.0. The van der Waals surface area contributed by atoms with Gasteiger partial charge < -0.3 is 16.0 Å². The zero-order valence-corrected chi connectivity index (χ0v) is 44.0. The fourth-order valence-electron chi connectivity index (χ4n) is 11.5. The van der Waals surface area contributed by atoms with Gasteiger partial charge in [-0.3, -0.25) is 0 Å². The van der Waals surface area contributed by atoms with Crippen molar-refractivity contribution < 1.29 is 0 Å². The lowest BCUT2D eigenvalue weighted by molar-refractivity contribution is 0.794. The van der Waals surface area contributed by atoms with Crippen molar-refractivity contribution in [3.05, 3.63) is 344 Å². The van der Waals surface area contributed by atoms with E-state index in [9.17, 15) is 0 Å².